The van der Waals surface area contributed by atoms with Crippen LogP contribution in [-0.4, -0.2) is 11.9 Å². The predicted molar refractivity (Wildman–Crippen MR) is 77.0 cm³/mol. The van der Waals surface area contributed by atoms with Crippen molar-refractivity contribution in [1.29, 1.82) is 0 Å². The van der Waals surface area contributed by atoms with Crippen LogP contribution in [0.15, 0.2) is 46.9 Å². The number of fused-ring (bicyclic) bond motifs is 5. The highest BCUT2D eigenvalue weighted by atomic mass is 79.9. The fourth-order valence-electron chi connectivity index (χ4n) is 3.09. The number of hydrogen-bond donors (Lipinski definition) is 2. The molecule has 1 unspecified atom stereocenters. The Balaban J connectivity index is 2.12. The number of carbonyl (C=O) groups is 2. The number of urea groups is 1. The van der Waals surface area contributed by atoms with Crippen LogP contribution in [0.4, 0.5) is 4.79 Å². The van der Waals surface area contributed by atoms with Crippen LogP contribution < -0.4 is 10.6 Å². The zero-order valence-electron chi connectivity index (χ0n) is 10.2. The summed E-state index contributed by atoms with van der Waals surface area (Å²) in [7, 11) is 0. The second kappa shape index (κ2) is 3.70. The summed E-state index contributed by atoms with van der Waals surface area (Å²) in [5, 5.41) is 5.14. The second-order valence-corrected chi connectivity index (χ2v) is 5.81. The number of amides is 3. The number of carbonyl (C=O) groups excluding carboxylic acids is 2. The van der Waals surface area contributed by atoms with Crippen molar-refractivity contribution in [3.05, 3.63) is 58.1 Å². The van der Waals surface area contributed by atoms with Gasteiger partial charge >= 0.3 is 6.03 Å². The van der Waals surface area contributed by atoms with E-state index in [-0.39, 0.29) is 5.91 Å². The zero-order valence-corrected chi connectivity index (χ0v) is 11.8. The monoisotopic (exact) mass is 328 g/mol. The molecule has 5 heteroatoms. The number of hydrogen-bond acceptors (Lipinski definition) is 2. The SMILES string of the molecule is O=C1NC(=O)C2(N1)c1ccccc1-c1ccc(Br)cc12. The fourth-order valence-corrected chi connectivity index (χ4v) is 3.45. The summed E-state index contributed by atoms with van der Waals surface area (Å²) >= 11 is 3.43. The Hall–Kier alpha value is -2.14. The van der Waals surface area contributed by atoms with E-state index in [1.54, 1.807) is 0 Å². The van der Waals surface area contributed by atoms with Crippen LogP contribution in [0.25, 0.3) is 11.1 Å². The second-order valence-electron chi connectivity index (χ2n) is 4.89. The van der Waals surface area contributed by atoms with Crippen molar-refractivity contribution in [1.82, 2.24) is 10.6 Å². The molecular weight excluding hydrogens is 320 g/mol. The molecule has 1 atom stereocenters. The summed E-state index contributed by atoms with van der Waals surface area (Å²) in [4.78, 5) is 24.1. The highest BCUT2D eigenvalue weighted by molar-refractivity contribution is 9.10. The Labute approximate surface area is 123 Å². The molecule has 4 nitrogen and oxygen atoms in total. The Morgan fingerprint density at radius 2 is 1.70 bits per heavy atom. The Kier molecular flexibility index (Phi) is 2.16. The van der Waals surface area contributed by atoms with Gasteiger partial charge in [0.15, 0.2) is 5.54 Å². The van der Waals surface area contributed by atoms with Gasteiger partial charge in [0.05, 0.1) is 0 Å². The zero-order chi connectivity index (χ0) is 13.9. The van der Waals surface area contributed by atoms with Crippen LogP contribution in [0.3, 0.4) is 0 Å². The standard InChI is InChI=1S/C15H9BrN2O2/c16-8-5-6-10-9-3-1-2-4-11(9)15(12(10)7-8)13(19)17-14(20)18-15/h1-7H,(H2,17,18,19,20). The lowest BCUT2D eigenvalue weighted by molar-refractivity contribution is -0.122. The summed E-state index contributed by atoms with van der Waals surface area (Å²) in [6.45, 7) is 0. The molecule has 1 aliphatic heterocycles. The maximum absolute atomic E-state index is 12.4. The molecular formula is C15H9BrN2O2. The third-order valence-electron chi connectivity index (χ3n) is 3.88. The van der Waals surface area contributed by atoms with Crippen molar-refractivity contribution in [2.45, 2.75) is 5.54 Å². The molecule has 2 aliphatic rings. The van der Waals surface area contributed by atoms with Gasteiger partial charge in [-0.25, -0.2) is 4.79 Å². The smallest absolute Gasteiger partial charge is 0.316 e. The molecule has 98 valence electrons. The molecule has 1 saturated heterocycles. The van der Waals surface area contributed by atoms with Gasteiger partial charge in [-0.3, -0.25) is 10.1 Å². The van der Waals surface area contributed by atoms with E-state index in [0.717, 1.165) is 26.7 Å². The quantitative estimate of drug-likeness (QED) is 0.730. The van der Waals surface area contributed by atoms with E-state index < -0.39 is 11.6 Å². The maximum Gasteiger partial charge on any atom is 0.322 e. The Bertz CT molecular complexity index is 787. The summed E-state index contributed by atoms with van der Waals surface area (Å²) in [6, 6.07) is 13.0. The molecule has 20 heavy (non-hydrogen) atoms. The minimum atomic E-state index is -1.10. The molecule has 2 aromatic carbocycles. The lowest BCUT2D eigenvalue weighted by Crippen LogP contribution is -2.43. The lowest BCUT2D eigenvalue weighted by atomic mass is 9.88. The molecule has 1 heterocycles. The Morgan fingerprint density at radius 3 is 2.45 bits per heavy atom. The van der Waals surface area contributed by atoms with Crippen LogP contribution in [0, 0.1) is 0 Å². The lowest BCUT2D eigenvalue weighted by Gasteiger charge is -2.23. The van der Waals surface area contributed by atoms with Crippen LogP contribution in [0.1, 0.15) is 11.1 Å². The molecule has 4 rings (SSSR count). The van der Waals surface area contributed by atoms with Gasteiger partial charge in [0.2, 0.25) is 0 Å². The Morgan fingerprint density at radius 1 is 0.950 bits per heavy atom. The van der Waals surface area contributed by atoms with Crippen molar-refractivity contribution >= 4 is 27.9 Å². The van der Waals surface area contributed by atoms with Gasteiger partial charge in [0, 0.05) is 10.0 Å². The first-order valence-electron chi connectivity index (χ1n) is 6.16. The summed E-state index contributed by atoms with van der Waals surface area (Å²) in [5.74, 6) is -0.327. The van der Waals surface area contributed by atoms with Gasteiger partial charge in [0.1, 0.15) is 0 Å². The first-order chi connectivity index (χ1) is 9.63. The van der Waals surface area contributed by atoms with Gasteiger partial charge < -0.3 is 5.32 Å². The van der Waals surface area contributed by atoms with Crippen LogP contribution in [0.5, 0.6) is 0 Å². The van der Waals surface area contributed by atoms with E-state index in [1.807, 2.05) is 42.5 Å². The molecule has 0 radical (unpaired) electrons. The number of imide groups is 1. The van der Waals surface area contributed by atoms with Crippen LogP contribution in [0.2, 0.25) is 0 Å². The highest BCUT2D eigenvalue weighted by Crippen LogP contribution is 2.49. The van der Waals surface area contributed by atoms with Crippen molar-refractivity contribution in [3.8, 4) is 11.1 Å². The van der Waals surface area contributed by atoms with Gasteiger partial charge in [0.25, 0.3) is 5.91 Å². The van der Waals surface area contributed by atoms with E-state index in [0.29, 0.717) is 0 Å². The third-order valence-corrected chi connectivity index (χ3v) is 4.37. The average Bonchev–Trinajstić information content (AvgIpc) is 2.88. The molecule has 2 N–H and O–H groups in total. The van der Waals surface area contributed by atoms with Crippen LogP contribution >= 0.6 is 15.9 Å². The number of halogens is 1. The summed E-state index contributed by atoms with van der Waals surface area (Å²) < 4.78 is 0.873. The highest BCUT2D eigenvalue weighted by Gasteiger charge is 2.54. The first kappa shape index (κ1) is 11.7. The van der Waals surface area contributed by atoms with Crippen molar-refractivity contribution in [3.63, 3.8) is 0 Å². The normalized spacial score (nSPS) is 22.4. The predicted octanol–water partition coefficient (Wildman–Crippen LogP) is 2.51. The molecule has 0 bridgehead atoms. The average molecular weight is 329 g/mol. The van der Waals surface area contributed by atoms with Gasteiger partial charge in [-0.2, -0.15) is 0 Å². The fraction of sp³-hybridized carbons (Fsp3) is 0.0667. The molecule has 0 aromatic heterocycles. The molecule has 2 aromatic rings. The molecule has 1 aliphatic carbocycles. The summed E-state index contributed by atoms with van der Waals surface area (Å²) in [5.41, 5.74) is 2.47. The van der Waals surface area contributed by atoms with Crippen molar-refractivity contribution in [2.75, 3.05) is 0 Å². The van der Waals surface area contributed by atoms with Gasteiger partial charge in [-0.15, -0.1) is 0 Å². The molecule has 0 saturated carbocycles. The first-order valence-corrected chi connectivity index (χ1v) is 6.96. The van der Waals surface area contributed by atoms with E-state index in [1.165, 1.54) is 0 Å². The van der Waals surface area contributed by atoms with Crippen LogP contribution in [-0.2, 0) is 10.3 Å². The van der Waals surface area contributed by atoms with Crippen molar-refractivity contribution < 1.29 is 9.59 Å². The van der Waals surface area contributed by atoms with Crippen molar-refractivity contribution in [2.24, 2.45) is 0 Å². The van der Waals surface area contributed by atoms with E-state index in [9.17, 15) is 9.59 Å². The maximum atomic E-state index is 12.4. The molecule has 3 amide bonds. The topological polar surface area (TPSA) is 58.2 Å². The molecule has 1 spiro atoms. The minimum absolute atomic E-state index is 0.327. The number of benzene rings is 2. The number of nitrogens with one attached hydrogen (secondary N) is 2. The summed E-state index contributed by atoms with van der Waals surface area (Å²) in [6.07, 6.45) is 0. The largest absolute Gasteiger partial charge is 0.322 e. The number of rotatable bonds is 0. The third kappa shape index (κ3) is 1.25. The molecule has 1 fully saturated rings. The van der Waals surface area contributed by atoms with E-state index in [2.05, 4.69) is 26.6 Å². The van der Waals surface area contributed by atoms with E-state index in [4.69, 9.17) is 0 Å². The van der Waals surface area contributed by atoms with Gasteiger partial charge in [-0.1, -0.05) is 46.3 Å². The minimum Gasteiger partial charge on any atom is -0.316 e. The van der Waals surface area contributed by atoms with E-state index >= 15 is 0 Å². The van der Waals surface area contributed by atoms with Gasteiger partial charge in [-0.05, 0) is 28.8 Å².